The molecular weight excluding hydrogens is 230 g/mol. The number of nitrogens with one attached hydrogen (secondary N) is 1. The molecule has 0 bridgehead atoms. The summed E-state index contributed by atoms with van der Waals surface area (Å²) >= 11 is 0. The molecule has 1 aromatic carbocycles. The molecule has 0 saturated heterocycles. The van der Waals surface area contributed by atoms with E-state index in [0.29, 0.717) is 6.04 Å². The second-order valence-electron chi connectivity index (χ2n) is 6.63. The quantitative estimate of drug-likeness (QED) is 0.820. The Morgan fingerprint density at radius 2 is 2.05 bits per heavy atom. The fraction of sp³-hybridized carbons (Fsp3) is 0.667. The van der Waals surface area contributed by atoms with E-state index >= 15 is 0 Å². The molecule has 0 radical (unpaired) electrons. The third kappa shape index (κ3) is 4.07. The third-order valence-corrected chi connectivity index (χ3v) is 4.66. The molecule has 0 spiro atoms. The Morgan fingerprint density at radius 1 is 1.26 bits per heavy atom. The number of aryl methyl sites for hydroxylation is 2. The number of hydrogen-bond acceptors (Lipinski definition) is 1. The molecule has 0 amide bonds. The molecule has 1 aliphatic rings. The van der Waals surface area contributed by atoms with Crippen molar-refractivity contribution in [1.29, 1.82) is 0 Å². The highest BCUT2D eigenvalue weighted by Crippen LogP contribution is 2.28. The SMILES string of the molecule is Cc1ccc(C)c(C(C)NCC2CCCC(C)C2)c1. The lowest BCUT2D eigenvalue weighted by molar-refractivity contribution is 0.268. The van der Waals surface area contributed by atoms with Crippen LogP contribution in [-0.2, 0) is 0 Å². The molecule has 19 heavy (non-hydrogen) atoms. The first kappa shape index (κ1) is 14.6. The standard InChI is InChI=1S/C18H29N/c1-13-6-5-7-17(10-13)12-19-16(4)18-11-14(2)8-9-15(18)3/h8-9,11,13,16-17,19H,5-7,10,12H2,1-4H3. The minimum absolute atomic E-state index is 0.470. The van der Waals surface area contributed by atoms with Crippen LogP contribution in [0.5, 0.6) is 0 Å². The number of benzene rings is 1. The zero-order valence-corrected chi connectivity index (χ0v) is 13.0. The molecule has 1 saturated carbocycles. The van der Waals surface area contributed by atoms with E-state index in [-0.39, 0.29) is 0 Å². The van der Waals surface area contributed by atoms with Gasteiger partial charge in [-0.25, -0.2) is 0 Å². The normalized spacial score (nSPS) is 25.3. The third-order valence-electron chi connectivity index (χ3n) is 4.66. The van der Waals surface area contributed by atoms with Crippen LogP contribution in [0.1, 0.15) is 62.3 Å². The Balaban J connectivity index is 1.90. The van der Waals surface area contributed by atoms with Gasteiger partial charge >= 0.3 is 0 Å². The van der Waals surface area contributed by atoms with Crippen LogP contribution in [0.3, 0.4) is 0 Å². The molecule has 3 unspecified atom stereocenters. The molecule has 106 valence electrons. The summed E-state index contributed by atoms with van der Waals surface area (Å²) < 4.78 is 0. The first-order valence-electron chi connectivity index (χ1n) is 7.86. The van der Waals surface area contributed by atoms with E-state index in [1.807, 2.05) is 0 Å². The van der Waals surface area contributed by atoms with Crippen molar-refractivity contribution in [3.8, 4) is 0 Å². The zero-order chi connectivity index (χ0) is 13.8. The summed E-state index contributed by atoms with van der Waals surface area (Å²) in [6.45, 7) is 10.3. The van der Waals surface area contributed by atoms with E-state index in [0.717, 1.165) is 11.8 Å². The first-order chi connectivity index (χ1) is 9.06. The fourth-order valence-electron chi connectivity index (χ4n) is 3.42. The van der Waals surface area contributed by atoms with E-state index in [1.54, 1.807) is 0 Å². The summed E-state index contributed by atoms with van der Waals surface area (Å²) in [6.07, 6.45) is 5.68. The van der Waals surface area contributed by atoms with Crippen molar-refractivity contribution >= 4 is 0 Å². The Morgan fingerprint density at radius 3 is 2.79 bits per heavy atom. The molecule has 1 aromatic rings. The van der Waals surface area contributed by atoms with Crippen LogP contribution < -0.4 is 5.32 Å². The summed E-state index contributed by atoms with van der Waals surface area (Å²) in [5, 5.41) is 3.76. The van der Waals surface area contributed by atoms with Gasteiger partial charge in [-0.3, -0.25) is 0 Å². The Hall–Kier alpha value is -0.820. The molecule has 0 aliphatic heterocycles. The minimum atomic E-state index is 0.470. The van der Waals surface area contributed by atoms with Gasteiger partial charge in [0, 0.05) is 6.04 Å². The molecule has 0 aromatic heterocycles. The number of rotatable bonds is 4. The first-order valence-corrected chi connectivity index (χ1v) is 7.86. The summed E-state index contributed by atoms with van der Waals surface area (Å²) in [5.41, 5.74) is 4.23. The van der Waals surface area contributed by atoms with Crippen molar-refractivity contribution < 1.29 is 0 Å². The highest BCUT2D eigenvalue weighted by atomic mass is 14.9. The Bertz CT molecular complexity index is 410. The lowest BCUT2D eigenvalue weighted by Crippen LogP contribution is -2.29. The Labute approximate surface area is 118 Å². The van der Waals surface area contributed by atoms with Crippen LogP contribution in [0.15, 0.2) is 18.2 Å². The predicted octanol–water partition coefficient (Wildman–Crippen LogP) is 4.78. The lowest BCUT2D eigenvalue weighted by atomic mass is 9.82. The van der Waals surface area contributed by atoms with E-state index in [4.69, 9.17) is 0 Å². The second-order valence-corrected chi connectivity index (χ2v) is 6.63. The van der Waals surface area contributed by atoms with Gasteiger partial charge in [0.05, 0.1) is 0 Å². The Kier molecular flexibility index (Phi) is 5.04. The molecule has 1 fully saturated rings. The van der Waals surface area contributed by atoms with Gasteiger partial charge < -0.3 is 5.32 Å². The fourth-order valence-corrected chi connectivity index (χ4v) is 3.42. The van der Waals surface area contributed by atoms with Gasteiger partial charge in [-0.15, -0.1) is 0 Å². The summed E-state index contributed by atoms with van der Waals surface area (Å²) in [7, 11) is 0. The average Bonchev–Trinajstić information content (AvgIpc) is 2.39. The van der Waals surface area contributed by atoms with Crippen molar-refractivity contribution in [3.63, 3.8) is 0 Å². The highest BCUT2D eigenvalue weighted by Gasteiger charge is 2.19. The maximum atomic E-state index is 3.76. The maximum absolute atomic E-state index is 3.76. The predicted molar refractivity (Wildman–Crippen MR) is 83.5 cm³/mol. The summed E-state index contributed by atoms with van der Waals surface area (Å²) in [6, 6.07) is 7.24. The van der Waals surface area contributed by atoms with E-state index in [9.17, 15) is 0 Å². The molecule has 1 heteroatoms. The topological polar surface area (TPSA) is 12.0 Å². The molecule has 3 atom stereocenters. The summed E-state index contributed by atoms with van der Waals surface area (Å²) in [5.74, 6) is 1.81. The summed E-state index contributed by atoms with van der Waals surface area (Å²) in [4.78, 5) is 0. The van der Waals surface area contributed by atoms with Crippen LogP contribution >= 0.6 is 0 Å². The van der Waals surface area contributed by atoms with Crippen LogP contribution in [-0.4, -0.2) is 6.54 Å². The van der Waals surface area contributed by atoms with Gasteiger partial charge in [0.15, 0.2) is 0 Å². The van der Waals surface area contributed by atoms with Crippen LogP contribution in [0.25, 0.3) is 0 Å². The molecular formula is C18H29N. The molecule has 1 aliphatic carbocycles. The minimum Gasteiger partial charge on any atom is -0.310 e. The smallest absolute Gasteiger partial charge is 0.0294 e. The van der Waals surface area contributed by atoms with Gasteiger partial charge in [-0.2, -0.15) is 0 Å². The zero-order valence-electron chi connectivity index (χ0n) is 13.0. The molecule has 1 nitrogen and oxygen atoms in total. The van der Waals surface area contributed by atoms with E-state index < -0.39 is 0 Å². The van der Waals surface area contributed by atoms with Crippen LogP contribution in [0, 0.1) is 25.7 Å². The van der Waals surface area contributed by atoms with E-state index in [1.165, 1.54) is 48.9 Å². The maximum Gasteiger partial charge on any atom is 0.0294 e. The van der Waals surface area contributed by atoms with Crippen LogP contribution in [0.2, 0.25) is 0 Å². The highest BCUT2D eigenvalue weighted by molar-refractivity contribution is 5.32. The van der Waals surface area contributed by atoms with Gasteiger partial charge in [-0.05, 0) is 63.1 Å². The van der Waals surface area contributed by atoms with Gasteiger partial charge in [0.2, 0.25) is 0 Å². The second kappa shape index (κ2) is 6.56. The lowest BCUT2D eigenvalue weighted by Gasteiger charge is -2.28. The van der Waals surface area contributed by atoms with Crippen molar-refractivity contribution in [2.45, 2.75) is 59.4 Å². The van der Waals surface area contributed by atoms with Crippen molar-refractivity contribution in [1.82, 2.24) is 5.32 Å². The molecule has 2 rings (SSSR count). The van der Waals surface area contributed by atoms with Crippen molar-refractivity contribution in [2.75, 3.05) is 6.54 Å². The molecule has 0 heterocycles. The average molecular weight is 259 g/mol. The number of hydrogen-bond donors (Lipinski definition) is 1. The molecule has 1 N–H and O–H groups in total. The van der Waals surface area contributed by atoms with Gasteiger partial charge in [0.25, 0.3) is 0 Å². The van der Waals surface area contributed by atoms with E-state index in [2.05, 4.69) is 51.2 Å². The largest absolute Gasteiger partial charge is 0.310 e. The van der Waals surface area contributed by atoms with Crippen molar-refractivity contribution in [3.05, 3.63) is 34.9 Å². The van der Waals surface area contributed by atoms with Crippen molar-refractivity contribution in [2.24, 2.45) is 11.8 Å². The van der Waals surface area contributed by atoms with Gasteiger partial charge in [-0.1, -0.05) is 43.5 Å². The van der Waals surface area contributed by atoms with Gasteiger partial charge in [0.1, 0.15) is 0 Å². The van der Waals surface area contributed by atoms with Crippen LogP contribution in [0.4, 0.5) is 0 Å². The monoisotopic (exact) mass is 259 g/mol.